The average Bonchev–Trinajstić information content (AvgIpc) is 2.89. The van der Waals surface area contributed by atoms with Gasteiger partial charge in [-0.1, -0.05) is 25.7 Å². The largest absolute Gasteiger partial charge is 0.378 e. The van der Waals surface area contributed by atoms with Crippen LogP contribution in [0.5, 0.6) is 0 Å². The van der Waals surface area contributed by atoms with Gasteiger partial charge in [-0.05, 0) is 44.4 Å². The fourth-order valence-corrected chi connectivity index (χ4v) is 3.50. The maximum absolute atomic E-state index is 12.0. The van der Waals surface area contributed by atoms with E-state index in [9.17, 15) is 4.79 Å². The maximum Gasteiger partial charge on any atom is 0.223 e. The zero-order chi connectivity index (χ0) is 15.2. The second-order valence-electron chi connectivity index (χ2n) is 7.37. The van der Waals surface area contributed by atoms with E-state index in [1.54, 1.807) is 0 Å². The molecule has 0 radical (unpaired) electrons. The molecule has 4 nitrogen and oxygen atoms in total. The molecule has 0 aromatic heterocycles. The number of amides is 1. The summed E-state index contributed by atoms with van der Waals surface area (Å²) in [5, 5.41) is 3.08. The minimum absolute atomic E-state index is 0.0206. The predicted molar refractivity (Wildman–Crippen MR) is 85.6 cm³/mol. The molecule has 4 heteroatoms. The van der Waals surface area contributed by atoms with Crippen LogP contribution < -0.4 is 5.32 Å². The van der Waals surface area contributed by atoms with Gasteiger partial charge in [-0.15, -0.1) is 0 Å². The first-order valence-electron chi connectivity index (χ1n) is 9.32. The summed E-state index contributed by atoms with van der Waals surface area (Å²) in [6, 6.07) is 0. The summed E-state index contributed by atoms with van der Waals surface area (Å²) < 4.78 is 12.1. The summed E-state index contributed by atoms with van der Waals surface area (Å²) in [4.78, 5) is 12.0. The van der Waals surface area contributed by atoms with Gasteiger partial charge in [0.2, 0.25) is 5.91 Å². The summed E-state index contributed by atoms with van der Waals surface area (Å²) >= 11 is 0. The van der Waals surface area contributed by atoms with Crippen LogP contribution >= 0.6 is 0 Å². The Hall–Kier alpha value is -0.610. The SMILES string of the molecule is O=C(NCC(COCC1CCC1)OC1CCCC1)C1CCC1. The highest BCUT2D eigenvalue weighted by molar-refractivity contribution is 5.79. The van der Waals surface area contributed by atoms with Crippen molar-refractivity contribution in [3.8, 4) is 0 Å². The Morgan fingerprint density at radius 2 is 1.73 bits per heavy atom. The lowest BCUT2D eigenvalue weighted by Gasteiger charge is -2.28. The van der Waals surface area contributed by atoms with Crippen LogP contribution in [0.15, 0.2) is 0 Å². The number of hydrogen-bond acceptors (Lipinski definition) is 3. The zero-order valence-corrected chi connectivity index (χ0v) is 13.7. The molecule has 0 aromatic carbocycles. The lowest BCUT2D eigenvalue weighted by Crippen LogP contribution is -2.42. The van der Waals surface area contributed by atoms with Crippen molar-refractivity contribution in [2.45, 2.75) is 76.4 Å². The fourth-order valence-electron chi connectivity index (χ4n) is 3.50. The minimum Gasteiger partial charge on any atom is -0.378 e. The van der Waals surface area contributed by atoms with Crippen LogP contribution in [0, 0.1) is 11.8 Å². The van der Waals surface area contributed by atoms with Crippen molar-refractivity contribution in [2.75, 3.05) is 19.8 Å². The monoisotopic (exact) mass is 309 g/mol. The summed E-state index contributed by atoms with van der Waals surface area (Å²) in [5.74, 6) is 1.23. The van der Waals surface area contributed by atoms with Crippen LogP contribution in [0.25, 0.3) is 0 Å². The van der Waals surface area contributed by atoms with Gasteiger partial charge in [0, 0.05) is 19.1 Å². The number of hydrogen-bond donors (Lipinski definition) is 1. The molecule has 3 rings (SSSR count). The number of carbonyl (C=O) groups is 1. The normalized spacial score (nSPS) is 24.7. The van der Waals surface area contributed by atoms with Gasteiger partial charge in [-0.2, -0.15) is 0 Å². The van der Waals surface area contributed by atoms with Gasteiger partial charge in [-0.25, -0.2) is 0 Å². The quantitative estimate of drug-likeness (QED) is 0.712. The molecule has 1 N–H and O–H groups in total. The van der Waals surface area contributed by atoms with Crippen molar-refractivity contribution in [3.05, 3.63) is 0 Å². The third kappa shape index (κ3) is 4.69. The van der Waals surface area contributed by atoms with Crippen molar-refractivity contribution < 1.29 is 14.3 Å². The molecule has 0 bridgehead atoms. The van der Waals surface area contributed by atoms with Crippen molar-refractivity contribution in [2.24, 2.45) is 11.8 Å². The molecular formula is C18H31NO3. The predicted octanol–water partition coefficient (Wildman–Crippen LogP) is 3.05. The number of rotatable bonds is 9. The van der Waals surface area contributed by atoms with E-state index in [1.807, 2.05) is 0 Å². The lowest BCUT2D eigenvalue weighted by atomic mass is 9.85. The molecule has 0 heterocycles. The standard InChI is InChI=1S/C18H31NO3/c20-18(15-7-4-8-15)19-11-17(22-16-9-1-2-10-16)13-21-12-14-5-3-6-14/h14-17H,1-13H2,(H,19,20). The van der Waals surface area contributed by atoms with E-state index in [0.29, 0.717) is 19.3 Å². The summed E-state index contributed by atoms with van der Waals surface area (Å²) in [6.45, 7) is 2.09. The van der Waals surface area contributed by atoms with Crippen LogP contribution in [0.3, 0.4) is 0 Å². The van der Waals surface area contributed by atoms with Gasteiger partial charge in [-0.3, -0.25) is 4.79 Å². The van der Waals surface area contributed by atoms with E-state index in [4.69, 9.17) is 9.47 Å². The molecule has 1 atom stereocenters. The topological polar surface area (TPSA) is 47.6 Å². The Bertz CT molecular complexity index is 346. The highest BCUT2D eigenvalue weighted by Gasteiger charge is 2.27. The van der Waals surface area contributed by atoms with Gasteiger partial charge in [0.1, 0.15) is 0 Å². The summed E-state index contributed by atoms with van der Waals surface area (Å²) in [6.07, 6.45) is 12.5. The van der Waals surface area contributed by atoms with Crippen LogP contribution in [0.2, 0.25) is 0 Å². The van der Waals surface area contributed by atoms with Crippen LogP contribution in [-0.4, -0.2) is 37.9 Å². The van der Waals surface area contributed by atoms with Gasteiger partial charge in [0.15, 0.2) is 0 Å². The fraction of sp³-hybridized carbons (Fsp3) is 0.944. The van der Waals surface area contributed by atoms with E-state index in [0.717, 1.165) is 38.2 Å². The minimum atomic E-state index is 0.0206. The van der Waals surface area contributed by atoms with Crippen LogP contribution in [-0.2, 0) is 14.3 Å². The van der Waals surface area contributed by atoms with Gasteiger partial charge in [0.25, 0.3) is 0 Å². The molecule has 0 aromatic rings. The van der Waals surface area contributed by atoms with Crippen LogP contribution in [0.4, 0.5) is 0 Å². The third-order valence-corrected chi connectivity index (χ3v) is 5.55. The third-order valence-electron chi connectivity index (χ3n) is 5.55. The Morgan fingerprint density at radius 3 is 2.32 bits per heavy atom. The highest BCUT2D eigenvalue weighted by atomic mass is 16.5. The molecule has 0 saturated heterocycles. The van der Waals surface area contributed by atoms with Crippen LogP contribution in [0.1, 0.15) is 64.2 Å². The van der Waals surface area contributed by atoms with Crippen molar-refractivity contribution in [1.29, 1.82) is 0 Å². The molecule has 0 aliphatic heterocycles. The Morgan fingerprint density at radius 1 is 1.00 bits per heavy atom. The maximum atomic E-state index is 12.0. The first-order chi connectivity index (χ1) is 10.8. The second kappa shape index (κ2) is 8.30. The van der Waals surface area contributed by atoms with Gasteiger partial charge < -0.3 is 14.8 Å². The molecule has 126 valence electrons. The Balaban J connectivity index is 1.38. The summed E-state index contributed by atoms with van der Waals surface area (Å²) in [5.41, 5.74) is 0. The van der Waals surface area contributed by atoms with E-state index in [-0.39, 0.29) is 17.9 Å². The van der Waals surface area contributed by atoms with E-state index in [2.05, 4.69) is 5.32 Å². The van der Waals surface area contributed by atoms with Crippen molar-refractivity contribution in [1.82, 2.24) is 5.32 Å². The number of ether oxygens (including phenoxy) is 2. The van der Waals surface area contributed by atoms with Crippen molar-refractivity contribution in [3.63, 3.8) is 0 Å². The zero-order valence-electron chi connectivity index (χ0n) is 13.7. The molecule has 3 aliphatic rings. The van der Waals surface area contributed by atoms with Gasteiger partial charge >= 0.3 is 0 Å². The average molecular weight is 309 g/mol. The number of carbonyl (C=O) groups excluding carboxylic acids is 1. The molecule has 3 fully saturated rings. The number of nitrogens with one attached hydrogen (secondary N) is 1. The first-order valence-corrected chi connectivity index (χ1v) is 9.32. The van der Waals surface area contributed by atoms with E-state index >= 15 is 0 Å². The van der Waals surface area contributed by atoms with Crippen molar-refractivity contribution >= 4 is 5.91 Å². The van der Waals surface area contributed by atoms with Gasteiger partial charge in [0.05, 0.1) is 18.8 Å². The molecule has 3 aliphatic carbocycles. The molecule has 1 unspecified atom stereocenters. The Labute approximate surface area is 134 Å². The second-order valence-corrected chi connectivity index (χ2v) is 7.37. The highest BCUT2D eigenvalue weighted by Crippen LogP contribution is 2.27. The lowest BCUT2D eigenvalue weighted by molar-refractivity contribution is -0.129. The molecule has 22 heavy (non-hydrogen) atoms. The Kier molecular flexibility index (Phi) is 6.13. The van der Waals surface area contributed by atoms with E-state index in [1.165, 1.54) is 38.5 Å². The molecule has 0 spiro atoms. The smallest absolute Gasteiger partial charge is 0.223 e. The molecule has 3 saturated carbocycles. The van der Waals surface area contributed by atoms with E-state index < -0.39 is 0 Å². The molecule has 1 amide bonds. The summed E-state index contributed by atoms with van der Waals surface area (Å²) in [7, 11) is 0. The first kappa shape index (κ1) is 16.3. The molecular weight excluding hydrogens is 278 g/mol.